The molecule has 1 aromatic heterocycles. The largest absolute Gasteiger partial charge is 0.445 e. The van der Waals surface area contributed by atoms with Crippen LogP contribution in [-0.2, 0) is 11.0 Å². The van der Waals surface area contributed by atoms with Crippen molar-refractivity contribution in [2.75, 3.05) is 11.9 Å². The number of hydrogen-bond acceptors (Lipinski definition) is 5. The smallest absolute Gasteiger partial charge is 0.368 e. The molecular formula is C5H5F3N4OS. The van der Waals surface area contributed by atoms with Gasteiger partial charge in [-0.3, -0.25) is 4.79 Å². The van der Waals surface area contributed by atoms with E-state index >= 15 is 0 Å². The first-order chi connectivity index (χ1) is 6.39. The van der Waals surface area contributed by atoms with Crippen LogP contribution in [0.4, 0.5) is 18.3 Å². The molecule has 0 saturated carbocycles. The summed E-state index contributed by atoms with van der Waals surface area (Å²) in [5.41, 5.74) is 4.77. The molecule has 1 aromatic rings. The lowest BCUT2D eigenvalue weighted by Gasteiger charge is -1.98. The molecule has 0 bridgehead atoms. The van der Waals surface area contributed by atoms with E-state index in [0.717, 1.165) is 0 Å². The van der Waals surface area contributed by atoms with Gasteiger partial charge in [-0.1, -0.05) is 11.3 Å². The fourth-order valence-electron chi connectivity index (χ4n) is 0.572. The third-order valence-corrected chi connectivity index (χ3v) is 2.01. The predicted octanol–water partition coefficient (Wildman–Crippen LogP) is 0.454. The molecule has 14 heavy (non-hydrogen) atoms. The summed E-state index contributed by atoms with van der Waals surface area (Å²) in [5, 5.41) is 7.23. The molecule has 0 fully saturated rings. The second-order valence-electron chi connectivity index (χ2n) is 2.23. The van der Waals surface area contributed by atoms with Crippen LogP contribution >= 0.6 is 11.3 Å². The van der Waals surface area contributed by atoms with Gasteiger partial charge in [0, 0.05) is 0 Å². The fraction of sp³-hybridized carbons (Fsp3) is 0.400. The van der Waals surface area contributed by atoms with Crippen LogP contribution in [0.25, 0.3) is 0 Å². The minimum absolute atomic E-state index is 0.0869. The van der Waals surface area contributed by atoms with E-state index in [-0.39, 0.29) is 11.7 Å². The average molecular weight is 226 g/mol. The molecule has 5 nitrogen and oxygen atoms in total. The first-order valence-electron chi connectivity index (χ1n) is 3.32. The third kappa shape index (κ3) is 2.83. The third-order valence-electron chi connectivity index (χ3n) is 1.08. The van der Waals surface area contributed by atoms with Crippen molar-refractivity contribution >= 4 is 22.4 Å². The van der Waals surface area contributed by atoms with Gasteiger partial charge < -0.3 is 11.1 Å². The molecular weight excluding hydrogens is 221 g/mol. The molecule has 0 radical (unpaired) electrons. The highest BCUT2D eigenvalue weighted by Gasteiger charge is 2.35. The molecule has 0 aliphatic rings. The van der Waals surface area contributed by atoms with Gasteiger partial charge in [0.15, 0.2) is 0 Å². The maximum Gasteiger partial charge on any atom is 0.445 e. The van der Waals surface area contributed by atoms with Gasteiger partial charge in [0.25, 0.3) is 0 Å². The topological polar surface area (TPSA) is 80.9 Å². The van der Waals surface area contributed by atoms with E-state index in [1.807, 2.05) is 0 Å². The Kier molecular flexibility index (Phi) is 2.89. The number of nitrogens with one attached hydrogen (secondary N) is 1. The molecule has 1 rings (SSSR count). The van der Waals surface area contributed by atoms with Crippen LogP contribution in [0.3, 0.4) is 0 Å². The maximum absolute atomic E-state index is 12.0. The zero-order valence-electron chi connectivity index (χ0n) is 6.63. The van der Waals surface area contributed by atoms with Crippen LogP contribution in [0.15, 0.2) is 0 Å². The summed E-state index contributed by atoms with van der Waals surface area (Å²) in [6.07, 6.45) is -4.51. The predicted molar refractivity (Wildman–Crippen MR) is 42.6 cm³/mol. The van der Waals surface area contributed by atoms with Crippen molar-refractivity contribution in [3.8, 4) is 0 Å². The summed E-state index contributed by atoms with van der Waals surface area (Å²) in [4.78, 5) is 10.3. The molecule has 0 saturated heterocycles. The van der Waals surface area contributed by atoms with Gasteiger partial charge in [-0.25, -0.2) is 0 Å². The number of hydrogen-bond donors (Lipinski definition) is 2. The van der Waals surface area contributed by atoms with Gasteiger partial charge in [-0.15, -0.1) is 10.2 Å². The van der Waals surface area contributed by atoms with Crippen LogP contribution in [0.2, 0.25) is 0 Å². The number of anilines is 1. The summed E-state index contributed by atoms with van der Waals surface area (Å²) >= 11 is 0.316. The van der Waals surface area contributed by atoms with Gasteiger partial charge in [-0.05, 0) is 0 Å². The molecule has 0 atom stereocenters. The standard InChI is InChI=1S/C5H5F3N4OS/c6-5(7,8)3-11-12-4(14-3)10-1-2(9)13/h1H2,(H2,9,13)(H,10,12). The molecule has 0 aromatic carbocycles. The van der Waals surface area contributed by atoms with Gasteiger partial charge in [0.2, 0.25) is 16.0 Å². The SMILES string of the molecule is NC(=O)CNc1nnc(C(F)(F)F)s1. The number of carbonyl (C=O) groups is 1. The monoisotopic (exact) mass is 226 g/mol. The van der Waals surface area contributed by atoms with Crippen LogP contribution in [0.5, 0.6) is 0 Å². The van der Waals surface area contributed by atoms with E-state index in [2.05, 4.69) is 15.5 Å². The summed E-state index contributed by atoms with van der Waals surface area (Å²) in [5.74, 6) is -0.686. The molecule has 9 heteroatoms. The minimum Gasteiger partial charge on any atom is -0.368 e. The molecule has 0 aliphatic carbocycles. The quantitative estimate of drug-likeness (QED) is 0.784. The van der Waals surface area contributed by atoms with Crippen molar-refractivity contribution in [2.45, 2.75) is 6.18 Å². The number of nitrogens with two attached hydrogens (primary N) is 1. The number of amides is 1. The van der Waals surface area contributed by atoms with Crippen LogP contribution in [0, 0.1) is 0 Å². The normalized spacial score (nSPS) is 11.4. The minimum atomic E-state index is -4.51. The van der Waals surface area contributed by atoms with Crippen LogP contribution in [0.1, 0.15) is 5.01 Å². The highest BCUT2D eigenvalue weighted by Crippen LogP contribution is 2.32. The molecule has 0 unspecified atom stereocenters. The Balaban J connectivity index is 2.64. The van der Waals surface area contributed by atoms with Crippen molar-refractivity contribution < 1.29 is 18.0 Å². The number of rotatable bonds is 3. The molecule has 78 valence electrons. The maximum atomic E-state index is 12.0. The Bertz CT molecular complexity index is 336. The number of aromatic nitrogens is 2. The molecule has 1 heterocycles. The van der Waals surface area contributed by atoms with Gasteiger partial charge >= 0.3 is 6.18 Å². The van der Waals surface area contributed by atoms with E-state index in [0.29, 0.717) is 11.3 Å². The van der Waals surface area contributed by atoms with Crippen molar-refractivity contribution in [2.24, 2.45) is 5.73 Å². The van der Waals surface area contributed by atoms with Gasteiger partial charge in [0.1, 0.15) is 0 Å². The van der Waals surface area contributed by atoms with E-state index in [9.17, 15) is 18.0 Å². The number of alkyl halides is 3. The molecule has 0 aliphatic heterocycles. The molecule has 0 spiro atoms. The second kappa shape index (κ2) is 3.78. The Labute approximate surface area is 80.1 Å². The van der Waals surface area contributed by atoms with Crippen LogP contribution in [-0.4, -0.2) is 22.6 Å². The summed E-state index contributed by atoms with van der Waals surface area (Å²) in [6, 6.07) is 0. The zero-order chi connectivity index (χ0) is 10.8. The Morgan fingerprint density at radius 1 is 1.50 bits per heavy atom. The van der Waals surface area contributed by atoms with Crippen molar-refractivity contribution in [1.29, 1.82) is 0 Å². The zero-order valence-corrected chi connectivity index (χ0v) is 7.45. The van der Waals surface area contributed by atoms with Gasteiger partial charge in [-0.2, -0.15) is 13.2 Å². The Hall–Kier alpha value is -1.38. The molecule has 3 N–H and O–H groups in total. The number of halogens is 3. The number of nitrogens with zero attached hydrogens (tertiary/aromatic N) is 2. The Morgan fingerprint density at radius 2 is 2.14 bits per heavy atom. The van der Waals surface area contributed by atoms with Gasteiger partial charge in [0.05, 0.1) is 6.54 Å². The van der Waals surface area contributed by atoms with E-state index in [4.69, 9.17) is 5.73 Å². The number of carbonyl (C=O) groups excluding carboxylic acids is 1. The highest BCUT2D eigenvalue weighted by atomic mass is 32.1. The lowest BCUT2D eigenvalue weighted by molar-refractivity contribution is -0.138. The molecule has 1 amide bonds. The average Bonchev–Trinajstić information content (AvgIpc) is 2.47. The Morgan fingerprint density at radius 3 is 2.57 bits per heavy atom. The lowest BCUT2D eigenvalue weighted by atomic mass is 10.6. The summed E-state index contributed by atoms with van der Waals surface area (Å²) in [7, 11) is 0. The summed E-state index contributed by atoms with van der Waals surface area (Å²) < 4.78 is 36.0. The van der Waals surface area contributed by atoms with Crippen molar-refractivity contribution in [1.82, 2.24) is 10.2 Å². The van der Waals surface area contributed by atoms with Crippen molar-refractivity contribution in [3.63, 3.8) is 0 Å². The van der Waals surface area contributed by atoms with Crippen LogP contribution < -0.4 is 11.1 Å². The first-order valence-corrected chi connectivity index (χ1v) is 4.14. The lowest BCUT2D eigenvalue weighted by Crippen LogP contribution is -2.21. The van der Waals surface area contributed by atoms with E-state index in [1.54, 1.807) is 0 Å². The second-order valence-corrected chi connectivity index (χ2v) is 3.21. The van der Waals surface area contributed by atoms with Crippen molar-refractivity contribution in [3.05, 3.63) is 5.01 Å². The summed E-state index contributed by atoms with van der Waals surface area (Å²) in [6.45, 7) is -0.271. The highest BCUT2D eigenvalue weighted by molar-refractivity contribution is 7.15. The fourth-order valence-corrected chi connectivity index (χ4v) is 1.18. The number of primary amides is 1. The van der Waals surface area contributed by atoms with E-state index < -0.39 is 17.1 Å². The first kappa shape index (κ1) is 10.7. The van der Waals surface area contributed by atoms with E-state index in [1.165, 1.54) is 0 Å².